The normalized spacial score (nSPS) is 21.4. The van der Waals surface area contributed by atoms with Crippen LogP contribution in [0.2, 0.25) is 0 Å². The van der Waals surface area contributed by atoms with Crippen LogP contribution >= 0.6 is 0 Å². The zero-order chi connectivity index (χ0) is 10.5. The van der Waals surface area contributed by atoms with E-state index in [0.29, 0.717) is 5.56 Å². The first-order valence-electron chi connectivity index (χ1n) is 5.00. The fraction of sp³-hybridized carbons (Fsp3) is 0.250. The number of halogens is 1. The molecule has 15 heavy (non-hydrogen) atoms. The van der Waals surface area contributed by atoms with E-state index in [1.165, 1.54) is 12.1 Å². The molecule has 1 saturated carbocycles. The number of rotatable bonds is 1. The topological polar surface area (TPSA) is 29.1 Å². The third-order valence-electron chi connectivity index (χ3n) is 3.07. The minimum Gasteiger partial charge on any atom is -0.343 e. The van der Waals surface area contributed by atoms with Crippen LogP contribution in [0.15, 0.2) is 30.3 Å². The Kier molecular flexibility index (Phi) is 1.55. The Bertz CT molecular complexity index is 474. The van der Waals surface area contributed by atoms with Gasteiger partial charge in [-0.3, -0.25) is 4.79 Å². The SMILES string of the molecule is O=C1C=C(c2ccccc2F)C2(CC2)N1. The summed E-state index contributed by atoms with van der Waals surface area (Å²) in [7, 11) is 0. The first-order chi connectivity index (χ1) is 7.21. The summed E-state index contributed by atoms with van der Waals surface area (Å²) in [6.07, 6.45) is 3.35. The molecule has 1 amide bonds. The maximum atomic E-state index is 13.6. The molecule has 0 unspecified atom stereocenters. The van der Waals surface area contributed by atoms with Crippen LogP contribution in [0.3, 0.4) is 0 Å². The summed E-state index contributed by atoms with van der Waals surface area (Å²) in [5, 5.41) is 2.88. The average molecular weight is 203 g/mol. The lowest BCUT2D eigenvalue weighted by Crippen LogP contribution is -2.29. The molecule has 2 nitrogen and oxygen atoms in total. The zero-order valence-corrected chi connectivity index (χ0v) is 8.09. The van der Waals surface area contributed by atoms with Gasteiger partial charge in [0.05, 0.1) is 5.54 Å². The summed E-state index contributed by atoms with van der Waals surface area (Å²) in [4.78, 5) is 11.3. The van der Waals surface area contributed by atoms with Gasteiger partial charge in [-0.25, -0.2) is 4.39 Å². The van der Waals surface area contributed by atoms with Gasteiger partial charge in [-0.2, -0.15) is 0 Å². The van der Waals surface area contributed by atoms with Crippen LogP contribution in [0, 0.1) is 5.82 Å². The summed E-state index contributed by atoms with van der Waals surface area (Å²) >= 11 is 0. The summed E-state index contributed by atoms with van der Waals surface area (Å²) < 4.78 is 13.6. The van der Waals surface area contributed by atoms with Crippen molar-refractivity contribution in [2.75, 3.05) is 0 Å². The molecular weight excluding hydrogens is 193 g/mol. The third kappa shape index (κ3) is 1.19. The minimum atomic E-state index is -0.258. The highest BCUT2D eigenvalue weighted by molar-refractivity contribution is 6.04. The Balaban J connectivity index is 2.11. The van der Waals surface area contributed by atoms with Crippen molar-refractivity contribution in [3.63, 3.8) is 0 Å². The summed E-state index contributed by atoms with van der Waals surface area (Å²) in [5.41, 5.74) is 1.11. The summed E-state index contributed by atoms with van der Waals surface area (Å²) in [6, 6.07) is 6.60. The van der Waals surface area contributed by atoms with E-state index in [0.717, 1.165) is 18.4 Å². The molecule has 3 rings (SSSR count). The van der Waals surface area contributed by atoms with Crippen LogP contribution in [-0.4, -0.2) is 11.4 Å². The Morgan fingerprint density at radius 3 is 2.67 bits per heavy atom. The van der Waals surface area contributed by atoms with Crippen molar-refractivity contribution in [3.05, 3.63) is 41.7 Å². The van der Waals surface area contributed by atoms with Crippen molar-refractivity contribution in [2.45, 2.75) is 18.4 Å². The molecular formula is C12H10FNO. The summed E-state index contributed by atoms with van der Waals surface area (Å²) in [5.74, 6) is -0.364. The van der Waals surface area contributed by atoms with Gasteiger partial charge in [0.1, 0.15) is 5.82 Å². The molecule has 1 fully saturated rings. The fourth-order valence-electron chi connectivity index (χ4n) is 2.14. The number of benzene rings is 1. The number of nitrogens with one attached hydrogen (secondary N) is 1. The molecule has 1 aliphatic carbocycles. The second kappa shape index (κ2) is 2.69. The van der Waals surface area contributed by atoms with Crippen molar-refractivity contribution >= 4 is 11.5 Å². The second-order valence-corrected chi connectivity index (χ2v) is 4.11. The molecule has 1 aromatic rings. The number of amides is 1. The van der Waals surface area contributed by atoms with Gasteiger partial charge in [-0.1, -0.05) is 18.2 Å². The molecule has 0 aromatic heterocycles. The molecule has 1 N–H and O–H groups in total. The van der Waals surface area contributed by atoms with E-state index < -0.39 is 0 Å². The van der Waals surface area contributed by atoms with Gasteiger partial charge in [-0.05, 0) is 24.5 Å². The van der Waals surface area contributed by atoms with E-state index in [1.54, 1.807) is 18.2 Å². The number of hydrogen-bond acceptors (Lipinski definition) is 1. The standard InChI is InChI=1S/C12H10FNO/c13-10-4-2-1-3-8(10)9-7-11(15)14-12(9)5-6-12/h1-4,7H,5-6H2,(H,14,15). The van der Waals surface area contributed by atoms with E-state index in [9.17, 15) is 9.18 Å². The van der Waals surface area contributed by atoms with Gasteiger partial charge in [-0.15, -0.1) is 0 Å². The van der Waals surface area contributed by atoms with Gasteiger partial charge < -0.3 is 5.32 Å². The van der Waals surface area contributed by atoms with Crippen molar-refractivity contribution in [3.8, 4) is 0 Å². The van der Waals surface area contributed by atoms with Gasteiger partial charge >= 0.3 is 0 Å². The smallest absolute Gasteiger partial charge is 0.245 e. The van der Waals surface area contributed by atoms with Gasteiger partial charge in [0.25, 0.3) is 0 Å². The lowest BCUT2D eigenvalue weighted by Gasteiger charge is -2.13. The van der Waals surface area contributed by atoms with Gasteiger partial charge in [0, 0.05) is 11.6 Å². The monoisotopic (exact) mass is 203 g/mol. The second-order valence-electron chi connectivity index (χ2n) is 4.11. The highest BCUT2D eigenvalue weighted by Crippen LogP contribution is 2.49. The van der Waals surface area contributed by atoms with Crippen LogP contribution in [0.25, 0.3) is 5.57 Å². The largest absolute Gasteiger partial charge is 0.343 e. The quantitative estimate of drug-likeness (QED) is 0.741. The molecule has 2 aliphatic rings. The number of hydrogen-bond donors (Lipinski definition) is 1. The molecule has 76 valence electrons. The van der Waals surface area contributed by atoms with Gasteiger partial charge in [0.15, 0.2) is 0 Å². The fourth-order valence-corrected chi connectivity index (χ4v) is 2.14. The van der Waals surface area contributed by atoms with E-state index in [2.05, 4.69) is 5.32 Å². The first kappa shape index (κ1) is 8.65. The van der Waals surface area contributed by atoms with E-state index in [4.69, 9.17) is 0 Å². The maximum absolute atomic E-state index is 13.6. The molecule has 0 saturated heterocycles. The van der Waals surface area contributed by atoms with E-state index in [-0.39, 0.29) is 17.3 Å². The molecule has 1 heterocycles. The molecule has 1 aliphatic heterocycles. The molecule has 3 heteroatoms. The van der Waals surface area contributed by atoms with E-state index in [1.807, 2.05) is 0 Å². The minimum absolute atomic E-state index is 0.106. The third-order valence-corrected chi connectivity index (χ3v) is 3.07. The van der Waals surface area contributed by atoms with Crippen molar-refractivity contribution < 1.29 is 9.18 Å². The zero-order valence-electron chi connectivity index (χ0n) is 8.09. The summed E-state index contributed by atoms with van der Waals surface area (Å²) in [6.45, 7) is 0. The number of carbonyl (C=O) groups excluding carboxylic acids is 1. The molecule has 0 bridgehead atoms. The van der Waals surface area contributed by atoms with Crippen LogP contribution < -0.4 is 5.32 Å². The lowest BCUT2D eigenvalue weighted by atomic mass is 9.98. The Hall–Kier alpha value is -1.64. The Morgan fingerprint density at radius 1 is 1.27 bits per heavy atom. The average Bonchev–Trinajstić information content (AvgIpc) is 2.88. The van der Waals surface area contributed by atoms with Crippen molar-refractivity contribution in [1.29, 1.82) is 0 Å². The Labute approximate surface area is 86.8 Å². The maximum Gasteiger partial charge on any atom is 0.245 e. The highest BCUT2D eigenvalue weighted by Gasteiger charge is 2.51. The first-order valence-corrected chi connectivity index (χ1v) is 5.00. The molecule has 1 aromatic carbocycles. The predicted molar refractivity (Wildman–Crippen MR) is 54.5 cm³/mol. The van der Waals surface area contributed by atoms with Crippen molar-refractivity contribution in [2.24, 2.45) is 0 Å². The molecule has 1 spiro atoms. The molecule has 0 radical (unpaired) electrons. The lowest BCUT2D eigenvalue weighted by molar-refractivity contribution is -0.116. The van der Waals surface area contributed by atoms with Crippen LogP contribution in [0.5, 0.6) is 0 Å². The van der Waals surface area contributed by atoms with E-state index >= 15 is 0 Å². The number of carbonyl (C=O) groups is 1. The molecule has 0 atom stereocenters. The van der Waals surface area contributed by atoms with Crippen LogP contribution in [0.1, 0.15) is 18.4 Å². The van der Waals surface area contributed by atoms with Gasteiger partial charge in [0.2, 0.25) is 5.91 Å². The Morgan fingerprint density at radius 2 is 2.00 bits per heavy atom. The van der Waals surface area contributed by atoms with Crippen LogP contribution in [-0.2, 0) is 4.79 Å². The van der Waals surface area contributed by atoms with Crippen molar-refractivity contribution in [1.82, 2.24) is 5.32 Å². The van der Waals surface area contributed by atoms with Crippen LogP contribution in [0.4, 0.5) is 4.39 Å². The highest BCUT2D eigenvalue weighted by atomic mass is 19.1. The predicted octanol–water partition coefficient (Wildman–Crippen LogP) is 1.87.